The van der Waals surface area contributed by atoms with E-state index in [9.17, 15) is 14.4 Å². The zero-order chi connectivity index (χ0) is 17.4. The highest BCUT2D eigenvalue weighted by Gasteiger charge is 2.25. The smallest absolute Gasteiger partial charge is 0.339 e. The van der Waals surface area contributed by atoms with Gasteiger partial charge in [-0.05, 0) is 23.8 Å². The van der Waals surface area contributed by atoms with Crippen LogP contribution in [0.5, 0.6) is 0 Å². The minimum atomic E-state index is -0.919. The van der Waals surface area contributed by atoms with Gasteiger partial charge >= 0.3 is 6.03 Å². The van der Waals surface area contributed by atoms with E-state index in [1.54, 1.807) is 18.2 Å². The van der Waals surface area contributed by atoms with Crippen LogP contribution in [0.15, 0.2) is 60.8 Å². The number of primary amides is 1. The molecule has 0 saturated carbocycles. The molecule has 122 valence electrons. The molecule has 0 aliphatic rings. The fourth-order valence-electron chi connectivity index (χ4n) is 1.99. The monoisotopic (exact) mass is 324 g/mol. The minimum Gasteiger partial charge on any atom is -0.350 e. The van der Waals surface area contributed by atoms with Crippen molar-refractivity contribution in [1.82, 2.24) is 9.99 Å². The van der Waals surface area contributed by atoms with Crippen LogP contribution in [0.2, 0.25) is 0 Å². The van der Waals surface area contributed by atoms with Gasteiger partial charge in [-0.15, -0.1) is 0 Å². The first kappa shape index (κ1) is 16.9. The largest absolute Gasteiger partial charge is 0.350 e. The first-order chi connectivity index (χ1) is 11.6. The Bertz CT molecular complexity index is 732. The molecule has 0 atom stereocenters. The van der Waals surface area contributed by atoms with Crippen LogP contribution < -0.4 is 10.7 Å². The molecule has 0 radical (unpaired) electrons. The number of aromatic nitrogens is 1. The van der Waals surface area contributed by atoms with Crippen LogP contribution in [-0.4, -0.2) is 34.8 Å². The lowest BCUT2D eigenvalue weighted by Gasteiger charge is -2.30. The quantitative estimate of drug-likeness (QED) is 0.513. The Hall–Kier alpha value is -3.48. The van der Waals surface area contributed by atoms with Crippen molar-refractivity contribution in [2.75, 3.05) is 11.6 Å². The molecule has 0 saturated heterocycles. The summed E-state index contributed by atoms with van der Waals surface area (Å²) in [5, 5.41) is 1.79. The average Bonchev–Trinajstić information content (AvgIpc) is 2.61. The summed E-state index contributed by atoms with van der Waals surface area (Å²) in [5.74, 6) is -0.427. The van der Waals surface area contributed by atoms with Crippen LogP contribution >= 0.6 is 0 Å². The number of nitrogens with zero attached hydrogens (tertiary/aromatic N) is 3. The van der Waals surface area contributed by atoms with Crippen LogP contribution in [0.1, 0.15) is 5.56 Å². The van der Waals surface area contributed by atoms with Crippen molar-refractivity contribution in [3.05, 3.63) is 66.4 Å². The first-order valence-corrected chi connectivity index (χ1v) is 7.12. The van der Waals surface area contributed by atoms with E-state index in [2.05, 4.69) is 4.98 Å². The molecular formula is C17H16N4O3. The highest BCUT2D eigenvalue weighted by Crippen LogP contribution is 2.13. The Morgan fingerprint density at radius 1 is 1.08 bits per heavy atom. The first-order valence-electron chi connectivity index (χ1n) is 7.12. The van der Waals surface area contributed by atoms with E-state index in [4.69, 9.17) is 5.73 Å². The number of hydrogen-bond acceptors (Lipinski definition) is 4. The fraction of sp³-hybridized carbons (Fsp3) is 0.0588. The lowest BCUT2D eigenvalue weighted by atomic mass is 10.2. The van der Waals surface area contributed by atoms with Crippen molar-refractivity contribution in [3.63, 3.8) is 0 Å². The number of urea groups is 1. The number of anilines is 1. The predicted molar refractivity (Wildman–Crippen MR) is 89.6 cm³/mol. The van der Waals surface area contributed by atoms with Crippen molar-refractivity contribution in [2.24, 2.45) is 5.73 Å². The maximum absolute atomic E-state index is 12.4. The standard InChI is InChI=1S/C17H16N4O3/c18-17(24)21(15-8-4-5-11-19-15)20(12-13-22)16(23)10-9-14-6-2-1-3-7-14/h1-11,13H,12H2,(H2,18,24)/b10-9+. The summed E-state index contributed by atoms with van der Waals surface area (Å²) in [4.78, 5) is 39.1. The number of hydrazine groups is 1. The molecule has 2 rings (SSSR count). The summed E-state index contributed by atoms with van der Waals surface area (Å²) in [5.41, 5.74) is 6.16. The molecule has 0 aliphatic heterocycles. The van der Waals surface area contributed by atoms with Crippen LogP contribution in [-0.2, 0) is 9.59 Å². The van der Waals surface area contributed by atoms with Gasteiger partial charge in [-0.2, -0.15) is 5.01 Å². The molecule has 2 aromatic rings. The SMILES string of the molecule is NC(=O)N(c1ccccn1)N(CC=O)C(=O)/C=C/c1ccccc1. The van der Waals surface area contributed by atoms with Gasteiger partial charge in [0, 0.05) is 12.3 Å². The Labute approximate surface area is 139 Å². The van der Waals surface area contributed by atoms with E-state index in [1.165, 1.54) is 18.3 Å². The summed E-state index contributed by atoms with van der Waals surface area (Å²) in [6.07, 6.45) is 4.80. The van der Waals surface area contributed by atoms with Crippen LogP contribution in [0.4, 0.5) is 10.6 Å². The van der Waals surface area contributed by atoms with E-state index >= 15 is 0 Å². The molecule has 2 N–H and O–H groups in total. The molecule has 7 nitrogen and oxygen atoms in total. The van der Waals surface area contributed by atoms with Gasteiger partial charge < -0.3 is 10.5 Å². The van der Waals surface area contributed by atoms with Crippen LogP contribution in [0.25, 0.3) is 6.08 Å². The van der Waals surface area contributed by atoms with Gasteiger partial charge in [0.1, 0.15) is 6.29 Å². The third kappa shape index (κ3) is 4.26. The van der Waals surface area contributed by atoms with Crippen molar-refractivity contribution >= 4 is 30.1 Å². The normalized spacial score (nSPS) is 10.3. The Morgan fingerprint density at radius 3 is 2.38 bits per heavy atom. The molecule has 3 amide bonds. The van der Waals surface area contributed by atoms with Crippen molar-refractivity contribution in [3.8, 4) is 0 Å². The van der Waals surface area contributed by atoms with Crippen molar-refractivity contribution in [1.29, 1.82) is 0 Å². The number of pyridine rings is 1. The van der Waals surface area contributed by atoms with Gasteiger partial charge in [0.25, 0.3) is 5.91 Å². The zero-order valence-corrected chi connectivity index (χ0v) is 12.8. The summed E-state index contributed by atoms with van der Waals surface area (Å²) in [6, 6.07) is 13.0. The molecule has 0 spiro atoms. The number of aldehydes is 1. The van der Waals surface area contributed by atoms with E-state index in [0.29, 0.717) is 6.29 Å². The molecule has 1 aromatic heterocycles. The average molecular weight is 324 g/mol. The molecule has 0 fully saturated rings. The number of amides is 3. The summed E-state index contributed by atoms with van der Waals surface area (Å²) in [6.45, 7) is -0.336. The summed E-state index contributed by atoms with van der Waals surface area (Å²) < 4.78 is 0. The van der Waals surface area contributed by atoms with E-state index < -0.39 is 11.9 Å². The Balaban J connectivity index is 2.29. The van der Waals surface area contributed by atoms with Gasteiger partial charge in [-0.25, -0.2) is 14.8 Å². The van der Waals surface area contributed by atoms with E-state index in [0.717, 1.165) is 15.6 Å². The number of rotatable bonds is 5. The summed E-state index contributed by atoms with van der Waals surface area (Å²) >= 11 is 0. The number of carbonyl (C=O) groups excluding carboxylic acids is 3. The highest BCUT2D eigenvalue weighted by atomic mass is 16.2. The molecule has 1 heterocycles. The number of nitrogens with two attached hydrogens (primary N) is 1. The van der Waals surface area contributed by atoms with Crippen LogP contribution in [0, 0.1) is 0 Å². The second-order valence-corrected chi connectivity index (χ2v) is 4.67. The van der Waals surface area contributed by atoms with Crippen LogP contribution in [0.3, 0.4) is 0 Å². The predicted octanol–water partition coefficient (Wildman–Crippen LogP) is 1.62. The molecule has 0 bridgehead atoms. The van der Waals surface area contributed by atoms with Gasteiger partial charge in [-0.1, -0.05) is 36.4 Å². The van der Waals surface area contributed by atoms with Crippen molar-refractivity contribution < 1.29 is 14.4 Å². The molecule has 1 aromatic carbocycles. The Kier molecular flexibility index (Phi) is 5.79. The molecule has 0 unspecified atom stereocenters. The molecule has 7 heteroatoms. The van der Waals surface area contributed by atoms with Gasteiger partial charge in [0.15, 0.2) is 5.82 Å². The number of carbonyl (C=O) groups is 3. The number of hydrogen-bond donors (Lipinski definition) is 1. The maximum Gasteiger partial charge on any atom is 0.339 e. The van der Waals surface area contributed by atoms with Crippen molar-refractivity contribution in [2.45, 2.75) is 0 Å². The topological polar surface area (TPSA) is 96.6 Å². The number of benzene rings is 1. The second-order valence-electron chi connectivity index (χ2n) is 4.67. The minimum absolute atomic E-state index is 0.147. The van der Waals surface area contributed by atoms with Gasteiger partial charge in [0.05, 0.1) is 6.54 Å². The second kappa shape index (κ2) is 8.23. The lowest BCUT2D eigenvalue weighted by molar-refractivity contribution is -0.128. The fourth-order valence-corrected chi connectivity index (χ4v) is 1.99. The highest BCUT2D eigenvalue weighted by molar-refractivity contribution is 5.99. The third-order valence-corrected chi connectivity index (χ3v) is 3.04. The summed E-state index contributed by atoms with van der Waals surface area (Å²) in [7, 11) is 0. The molecule has 24 heavy (non-hydrogen) atoms. The van der Waals surface area contributed by atoms with E-state index in [-0.39, 0.29) is 12.4 Å². The van der Waals surface area contributed by atoms with Gasteiger partial charge in [0.2, 0.25) is 0 Å². The molecular weight excluding hydrogens is 308 g/mol. The van der Waals surface area contributed by atoms with E-state index in [1.807, 2.05) is 30.3 Å². The molecule has 0 aliphatic carbocycles. The Morgan fingerprint density at radius 2 is 1.79 bits per heavy atom. The lowest BCUT2D eigenvalue weighted by Crippen LogP contribution is -2.53. The van der Waals surface area contributed by atoms with Gasteiger partial charge in [-0.3, -0.25) is 4.79 Å². The maximum atomic E-state index is 12.4. The zero-order valence-electron chi connectivity index (χ0n) is 12.8. The third-order valence-electron chi connectivity index (χ3n) is 3.04.